The molecule has 5 heterocycles. The zero-order valence-electron chi connectivity index (χ0n) is 33.5. The van der Waals surface area contributed by atoms with Crippen LogP contribution in [0.4, 0.5) is 13.2 Å². The standard InChI is InChI=1S/C31H38F3N5O3S.C12H15NO2/c1-21(40)24(14-22-8-5-4-6-9-22)15-25(41)17-38-12-13-39(18-26(38)28(42)36-20-31(32,33)34)30(2,3)27-19-43-29(37-27)23-10-7-11-35-16-23;1-12(2)13-11-8-5-3-4-6-9(8)14-7-10(11)15-12/h4-11,16,19,24-26,41H,12-15,17-18,20H2,1-3H3,(H,36,42);3-6,10-11,13H,7H2,1-2H3/t24-,25+,26+;10-,11+/m11/s1. The zero-order chi connectivity index (χ0) is 41.7. The highest BCUT2D eigenvalue weighted by Crippen LogP contribution is 2.40. The summed E-state index contributed by atoms with van der Waals surface area (Å²) in [7, 11) is 0. The molecule has 58 heavy (non-hydrogen) atoms. The summed E-state index contributed by atoms with van der Waals surface area (Å²) in [6, 6.07) is 20.7. The Morgan fingerprint density at radius 2 is 1.81 bits per heavy atom. The number of halogens is 3. The molecule has 0 saturated carbocycles. The molecule has 0 spiro atoms. The summed E-state index contributed by atoms with van der Waals surface area (Å²) in [5, 5.41) is 19.3. The van der Waals surface area contributed by atoms with Gasteiger partial charge in [0.1, 0.15) is 47.6 Å². The molecule has 5 atom stereocenters. The zero-order valence-corrected chi connectivity index (χ0v) is 34.4. The number of carbonyl (C=O) groups is 2. The van der Waals surface area contributed by atoms with Crippen LogP contribution in [-0.4, -0.2) is 106 Å². The number of ether oxygens (including phenoxy) is 2. The van der Waals surface area contributed by atoms with Gasteiger partial charge in [0.15, 0.2) is 0 Å². The first kappa shape index (κ1) is 43.3. The smallest absolute Gasteiger partial charge is 0.405 e. The maximum Gasteiger partial charge on any atom is 0.405 e. The molecule has 0 unspecified atom stereocenters. The number of para-hydroxylation sites is 1. The quantitative estimate of drug-likeness (QED) is 0.153. The van der Waals surface area contributed by atoms with Crippen LogP contribution in [0.25, 0.3) is 10.6 Å². The molecule has 2 fully saturated rings. The number of rotatable bonds is 12. The van der Waals surface area contributed by atoms with Crippen molar-refractivity contribution in [3.8, 4) is 16.3 Å². The first-order chi connectivity index (χ1) is 27.5. The molecule has 1 amide bonds. The third-order valence-corrected chi connectivity index (χ3v) is 11.9. The fraction of sp³-hybridized carbons (Fsp3) is 0.488. The molecule has 15 heteroatoms. The van der Waals surface area contributed by atoms with Gasteiger partial charge in [-0.2, -0.15) is 13.2 Å². The summed E-state index contributed by atoms with van der Waals surface area (Å²) >= 11 is 1.48. The Labute approximate surface area is 342 Å². The van der Waals surface area contributed by atoms with Gasteiger partial charge in [-0.15, -0.1) is 11.3 Å². The average Bonchev–Trinajstić information content (AvgIpc) is 3.82. The molecular weight excluding hydrogens is 770 g/mol. The largest absolute Gasteiger partial charge is 0.490 e. The Morgan fingerprint density at radius 1 is 1.07 bits per heavy atom. The molecule has 0 bridgehead atoms. The van der Waals surface area contributed by atoms with E-state index in [4.69, 9.17) is 14.5 Å². The van der Waals surface area contributed by atoms with Gasteiger partial charge >= 0.3 is 6.18 Å². The number of pyridine rings is 1. The van der Waals surface area contributed by atoms with Crippen molar-refractivity contribution >= 4 is 23.0 Å². The summed E-state index contributed by atoms with van der Waals surface area (Å²) in [6.45, 7) is 9.79. The summed E-state index contributed by atoms with van der Waals surface area (Å²) < 4.78 is 50.5. The van der Waals surface area contributed by atoms with Crippen LogP contribution in [0.5, 0.6) is 5.75 Å². The number of hydrogen-bond acceptors (Lipinski definition) is 11. The van der Waals surface area contributed by atoms with E-state index in [1.807, 2.05) is 104 Å². The Kier molecular flexibility index (Phi) is 13.7. The van der Waals surface area contributed by atoms with Crippen LogP contribution >= 0.6 is 11.3 Å². The monoisotopic (exact) mass is 822 g/mol. The van der Waals surface area contributed by atoms with E-state index < -0.39 is 42.2 Å². The maximum atomic E-state index is 13.2. The normalized spacial score (nSPS) is 21.7. The van der Waals surface area contributed by atoms with Crippen molar-refractivity contribution in [2.45, 2.75) is 89.2 Å². The first-order valence-electron chi connectivity index (χ1n) is 19.6. The summed E-state index contributed by atoms with van der Waals surface area (Å²) in [5.41, 5.74) is 2.97. The van der Waals surface area contributed by atoms with Crippen LogP contribution < -0.4 is 15.4 Å². The fourth-order valence-corrected chi connectivity index (χ4v) is 8.77. The van der Waals surface area contributed by atoms with Gasteiger partial charge in [-0.1, -0.05) is 48.5 Å². The summed E-state index contributed by atoms with van der Waals surface area (Å²) in [4.78, 5) is 38.3. The van der Waals surface area contributed by atoms with E-state index in [2.05, 4.69) is 16.4 Å². The Hall–Kier alpha value is -4.25. The number of nitrogens with one attached hydrogen (secondary N) is 2. The number of aromatic nitrogens is 2. The molecule has 3 aliphatic rings. The van der Waals surface area contributed by atoms with Crippen molar-refractivity contribution in [3.63, 3.8) is 0 Å². The lowest BCUT2D eigenvalue weighted by Crippen LogP contribution is -2.63. The second-order valence-corrected chi connectivity index (χ2v) is 17.0. The van der Waals surface area contributed by atoms with Gasteiger partial charge in [0.2, 0.25) is 5.91 Å². The van der Waals surface area contributed by atoms with Crippen LogP contribution in [0.1, 0.15) is 63.9 Å². The van der Waals surface area contributed by atoms with Crippen molar-refractivity contribution < 1.29 is 37.3 Å². The molecule has 11 nitrogen and oxygen atoms in total. The number of hydrogen-bond donors (Lipinski definition) is 3. The lowest BCUT2D eigenvalue weighted by molar-refractivity contribution is -0.144. The van der Waals surface area contributed by atoms with Crippen LogP contribution in [0.15, 0.2) is 84.5 Å². The molecule has 312 valence electrons. The number of aliphatic hydroxyl groups excluding tert-OH is 1. The number of fused-ring (bicyclic) bond motifs is 3. The molecule has 7 rings (SSSR count). The summed E-state index contributed by atoms with van der Waals surface area (Å²) in [5.74, 6) is -0.254. The van der Waals surface area contributed by atoms with Crippen molar-refractivity contribution in [3.05, 3.63) is 101 Å². The van der Waals surface area contributed by atoms with Crippen molar-refractivity contribution in [1.29, 1.82) is 0 Å². The number of benzene rings is 2. The number of ketones is 1. The van der Waals surface area contributed by atoms with Crippen molar-refractivity contribution in [2.75, 3.05) is 39.3 Å². The minimum absolute atomic E-state index is 0.0529. The number of amides is 1. The molecule has 2 aromatic heterocycles. The Balaban J connectivity index is 0.000000312. The highest BCUT2D eigenvalue weighted by atomic mass is 32.1. The number of piperazine rings is 1. The maximum absolute atomic E-state index is 13.2. The van der Waals surface area contributed by atoms with Crippen molar-refractivity contribution in [2.24, 2.45) is 5.92 Å². The molecule has 3 aliphatic heterocycles. The van der Waals surface area contributed by atoms with Gasteiger partial charge in [0.05, 0.1) is 23.4 Å². The van der Waals surface area contributed by atoms with Gasteiger partial charge in [0, 0.05) is 61.0 Å². The Bertz CT molecular complexity index is 1980. The first-order valence-corrected chi connectivity index (χ1v) is 20.5. The summed E-state index contributed by atoms with van der Waals surface area (Å²) in [6.07, 6.45) is -1.29. The lowest BCUT2D eigenvalue weighted by Gasteiger charge is -2.47. The molecule has 0 aliphatic carbocycles. The average molecular weight is 823 g/mol. The third kappa shape index (κ3) is 11.1. The van der Waals surface area contributed by atoms with Gasteiger partial charge in [-0.25, -0.2) is 4.98 Å². The fourth-order valence-electron chi connectivity index (χ4n) is 7.80. The number of Topliss-reactive ketones (excluding diaryl/α,β-unsaturated/α-hetero) is 1. The SMILES string of the molecule is CC(=O)[C@H](Cc1ccccc1)C[C@H](O)CN1CCN(C(C)(C)c2csc(-c3cccnc3)n2)C[C@H]1C(=O)NCC(F)(F)F.CC1(C)N[C@H]2c3ccccc3OC[C@H]2O1. The molecule has 2 aromatic carbocycles. The third-order valence-electron chi connectivity index (χ3n) is 11.0. The lowest BCUT2D eigenvalue weighted by atomic mass is 9.90. The predicted molar refractivity (Wildman–Crippen MR) is 216 cm³/mol. The van der Waals surface area contributed by atoms with E-state index in [-0.39, 0.29) is 43.2 Å². The minimum Gasteiger partial charge on any atom is -0.490 e. The molecule has 0 radical (unpaired) electrons. The number of aliphatic hydroxyl groups is 1. The van der Waals surface area contributed by atoms with E-state index in [1.165, 1.54) is 23.8 Å². The van der Waals surface area contributed by atoms with Crippen LogP contribution in [-0.2, 0) is 26.3 Å². The van der Waals surface area contributed by atoms with Crippen LogP contribution in [0.3, 0.4) is 0 Å². The second kappa shape index (κ2) is 18.3. The minimum atomic E-state index is -4.55. The number of thiazole rings is 1. The van der Waals surface area contributed by atoms with E-state index >= 15 is 0 Å². The van der Waals surface area contributed by atoms with E-state index in [1.54, 1.807) is 17.3 Å². The van der Waals surface area contributed by atoms with Gasteiger partial charge in [0.25, 0.3) is 0 Å². The Morgan fingerprint density at radius 3 is 2.52 bits per heavy atom. The van der Waals surface area contributed by atoms with E-state index in [0.717, 1.165) is 27.6 Å². The van der Waals surface area contributed by atoms with Crippen LogP contribution in [0.2, 0.25) is 0 Å². The van der Waals surface area contributed by atoms with Gasteiger partial charge in [-0.05, 0) is 71.2 Å². The second-order valence-electron chi connectivity index (χ2n) is 16.2. The van der Waals surface area contributed by atoms with E-state index in [0.29, 0.717) is 26.1 Å². The highest BCUT2D eigenvalue weighted by molar-refractivity contribution is 7.13. The highest BCUT2D eigenvalue weighted by Gasteiger charge is 2.44. The van der Waals surface area contributed by atoms with E-state index in [9.17, 15) is 27.9 Å². The molecular formula is C43H53F3N6O5S. The van der Waals surface area contributed by atoms with Crippen molar-refractivity contribution in [1.82, 2.24) is 30.4 Å². The van der Waals surface area contributed by atoms with Gasteiger partial charge < -0.3 is 19.9 Å². The number of alkyl halides is 3. The van der Waals surface area contributed by atoms with Gasteiger partial charge in [-0.3, -0.25) is 29.7 Å². The number of carbonyl (C=O) groups excluding carboxylic acids is 2. The molecule has 2 saturated heterocycles. The predicted octanol–water partition coefficient (Wildman–Crippen LogP) is 6.15. The molecule has 4 aromatic rings. The molecule has 3 N–H and O–H groups in total. The number of β-amino-alcohol motifs (C(OH)–C–C–N with tert-alkyl or cyclic N) is 1. The number of nitrogens with zero attached hydrogens (tertiary/aromatic N) is 4. The van der Waals surface area contributed by atoms with Crippen LogP contribution in [0, 0.1) is 5.92 Å². The topological polar surface area (TPSA) is 129 Å².